The Bertz CT molecular complexity index is 808. The summed E-state index contributed by atoms with van der Waals surface area (Å²) in [4.78, 5) is 11.5. The van der Waals surface area contributed by atoms with Crippen molar-refractivity contribution < 1.29 is 9.53 Å². The predicted molar refractivity (Wildman–Crippen MR) is 84.4 cm³/mol. The molecule has 0 N–H and O–H groups in total. The Labute approximate surface area is 127 Å². The van der Waals surface area contributed by atoms with Gasteiger partial charge in [0.15, 0.2) is 6.29 Å². The van der Waals surface area contributed by atoms with Gasteiger partial charge in [-0.25, -0.2) is 0 Å². The summed E-state index contributed by atoms with van der Waals surface area (Å²) in [6.07, 6.45) is 2.74. The molecule has 4 heteroatoms. The number of aromatic nitrogens is 1. The molecule has 0 amide bonds. The maximum absolute atomic E-state index is 11.5. The average Bonchev–Trinajstić information content (AvgIpc) is 2.88. The van der Waals surface area contributed by atoms with E-state index in [1.165, 1.54) is 0 Å². The van der Waals surface area contributed by atoms with E-state index in [2.05, 4.69) is 0 Å². The fraction of sp³-hybridized carbons (Fsp3) is 0.118. The third-order valence-corrected chi connectivity index (χ3v) is 3.67. The van der Waals surface area contributed by atoms with Crippen LogP contribution in [0.15, 0.2) is 48.7 Å². The number of fused-ring (bicyclic) bond motifs is 1. The van der Waals surface area contributed by atoms with Crippen molar-refractivity contribution in [2.75, 3.05) is 6.61 Å². The molecule has 2 heterocycles. The highest BCUT2D eigenvalue weighted by Crippen LogP contribution is 2.33. The Morgan fingerprint density at radius 1 is 1.24 bits per heavy atom. The number of carbonyl (C=O) groups excluding carboxylic acids is 1. The van der Waals surface area contributed by atoms with Crippen molar-refractivity contribution >= 4 is 23.4 Å². The Kier molecular flexibility index (Phi) is 3.67. The number of aldehydes is 1. The van der Waals surface area contributed by atoms with Crippen LogP contribution in [0.4, 0.5) is 0 Å². The van der Waals surface area contributed by atoms with Gasteiger partial charge >= 0.3 is 0 Å². The summed E-state index contributed by atoms with van der Waals surface area (Å²) in [7, 11) is 0. The Morgan fingerprint density at radius 3 is 2.81 bits per heavy atom. The van der Waals surface area contributed by atoms with E-state index in [-0.39, 0.29) is 0 Å². The van der Waals surface area contributed by atoms with Crippen molar-refractivity contribution in [1.29, 1.82) is 0 Å². The van der Waals surface area contributed by atoms with Gasteiger partial charge in [0.2, 0.25) is 0 Å². The van der Waals surface area contributed by atoms with Crippen molar-refractivity contribution in [3.8, 4) is 16.9 Å². The summed E-state index contributed by atoms with van der Waals surface area (Å²) in [6, 6.07) is 13.4. The number of carbonyl (C=O) groups is 1. The van der Waals surface area contributed by atoms with Gasteiger partial charge in [-0.15, -0.1) is 0 Å². The molecule has 0 fully saturated rings. The van der Waals surface area contributed by atoms with Gasteiger partial charge in [-0.05, 0) is 42.8 Å². The largest absolute Gasteiger partial charge is 0.492 e. The average molecular weight is 300 g/mol. The van der Waals surface area contributed by atoms with Crippen molar-refractivity contribution in [3.05, 3.63) is 59.4 Å². The highest BCUT2D eigenvalue weighted by Gasteiger charge is 2.12. The van der Waals surface area contributed by atoms with Crippen molar-refractivity contribution in [3.63, 3.8) is 0 Å². The standard InChI is InChI=1S/C17H14ClNO2/c1-2-21-17-7-6-12(9-15(17)18)14-10-13-5-3-4-8-19(13)16(14)11-20/h3-11H,2H2,1H3. The van der Waals surface area contributed by atoms with E-state index in [4.69, 9.17) is 16.3 Å². The van der Waals surface area contributed by atoms with Gasteiger partial charge in [-0.3, -0.25) is 4.79 Å². The Balaban J connectivity index is 2.16. The van der Waals surface area contributed by atoms with E-state index in [0.29, 0.717) is 23.1 Å². The molecule has 0 atom stereocenters. The number of ether oxygens (including phenoxy) is 1. The molecule has 0 radical (unpaired) electrons. The van der Waals surface area contributed by atoms with E-state index in [1.54, 1.807) is 0 Å². The third-order valence-electron chi connectivity index (χ3n) is 3.37. The maximum Gasteiger partial charge on any atom is 0.167 e. The molecule has 1 aromatic carbocycles. The number of pyridine rings is 1. The van der Waals surface area contributed by atoms with Crippen LogP contribution in [0.1, 0.15) is 17.4 Å². The molecular weight excluding hydrogens is 286 g/mol. The summed E-state index contributed by atoms with van der Waals surface area (Å²) in [5.41, 5.74) is 3.35. The van der Waals surface area contributed by atoms with Crippen molar-refractivity contribution in [1.82, 2.24) is 4.40 Å². The minimum atomic E-state index is 0.543. The van der Waals surface area contributed by atoms with E-state index in [0.717, 1.165) is 22.9 Å². The van der Waals surface area contributed by atoms with E-state index < -0.39 is 0 Å². The van der Waals surface area contributed by atoms with E-state index in [9.17, 15) is 4.79 Å². The summed E-state index contributed by atoms with van der Waals surface area (Å²) in [6.45, 7) is 2.48. The highest BCUT2D eigenvalue weighted by atomic mass is 35.5. The van der Waals surface area contributed by atoms with Crippen molar-refractivity contribution in [2.45, 2.75) is 6.92 Å². The zero-order valence-corrected chi connectivity index (χ0v) is 12.3. The molecule has 2 aromatic heterocycles. The monoisotopic (exact) mass is 299 g/mol. The zero-order chi connectivity index (χ0) is 14.8. The Morgan fingerprint density at radius 2 is 2.10 bits per heavy atom. The maximum atomic E-state index is 11.5. The molecule has 3 aromatic rings. The molecule has 0 saturated heterocycles. The lowest BCUT2D eigenvalue weighted by atomic mass is 10.1. The van der Waals surface area contributed by atoms with Gasteiger partial charge in [-0.1, -0.05) is 23.7 Å². The minimum absolute atomic E-state index is 0.543. The molecule has 3 nitrogen and oxygen atoms in total. The molecule has 3 rings (SSSR count). The first-order valence-corrected chi connectivity index (χ1v) is 7.10. The first kappa shape index (κ1) is 13.7. The summed E-state index contributed by atoms with van der Waals surface area (Å²) >= 11 is 6.23. The number of hydrogen-bond acceptors (Lipinski definition) is 2. The third kappa shape index (κ3) is 2.41. The van der Waals surface area contributed by atoms with Crippen LogP contribution in [0.25, 0.3) is 16.6 Å². The normalized spacial score (nSPS) is 10.8. The molecule has 0 unspecified atom stereocenters. The second kappa shape index (κ2) is 5.62. The topological polar surface area (TPSA) is 30.7 Å². The number of rotatable bonds is 4. The highest BCUT2D eigenvalue weighted by molar-refractivity contribution is 6.32. The lowest BCUT2D eigenvalue weighted by Crippen LogP contribution is -1.93. The predicted octanol–water partition coefficient (Wildman–Crippen LogP) is 4.47. The van der Waals surface area contributed by atoms with Crippen molar-refractivity contribution in [2.24, 2.45) is 0 Å². The number of nitrogens with zero attached hydrogens (tertiary/aromatic N) is 1. The van der Waals surface area contributed by atoms with Gasteiger partial charge in [-0.2, -0.15) is 0 Å². The summed E-state index contributed by atoms with van der Waals surface area (Å²) in [5, 5.41) is 0.543. The van der Waals surface area contributed by atoms with Gasteiger partial charge in [0.05, 0.1) is 17.3 Å². The fourth-order valence-electron chi connectivity index (χ4n) is 2.44. The van der Waals surface area contributed by atoms with Gasteiger partial charge in [0.1, 0.15) is 5.75 Å². The molecule has 21 heavy (non-hydrogen) atoms. The minimum Gasteiger partial charge on any atom is -0.492 e. The molecule has 0 bridgehead atoms. The first-order chi connectivity index (χ1) is 10.2. The van der Waals surface area contributed by atoms with Crippen LogP contribution >= 0.6 is 11.6 Å². The number of benzene rings is 1. The van der Waals surface area contributed by atoms with E-state index >= 15 is 0 Å². The summed E-state index contributed by atoms with van der Waals surface area (Å²) in [5.74, 6) is 0.652. The van der Waals surface area contributed by atoms with Gasteiger partial charge < -0.3 is 9.14 Å². The summed E-state index contributed by atoms with van der Waals surface area (Å²) < 4.78 is 7.30. The van der Waals surface area contributed by atoms with Crippen LogP contribution in [-0.2, 0) is 0 Å². The van der Waals surface area contributed by atoms with Crippen LogP contribution in [0.2, 0.25) is 5.02 Å². The molecule has 106 valence electrons. The quantitative estimate of drug-likeness (QED) is 0.665. The van der Waals surface area contributed by atoms with Crippen LogP contribution in [0.5, 0.6) is 5.75 Å². The molecule has 0 spiro atoms. The Hall–Kier alpha value is -2.26. The van der Waals surface area contributed by atoms with Gasteiger partial charge in [0.25, 0.3) is 0 Å². The van der Waals surface area contributed by atoms with Gasteiger partial charge in [0, 0.05) is 17.3 Å². The lowest BCUT2D eigenvalue weighted by Gasteiger charge is -2.07. The van der Waals surface area contributed by atoms with E-state index in [1.807, 2.05) is 60.0 Å². The number of halogens is 1. The van der Waals surface area contributed by atoms with Crippen LogP contribution in [-0.4, -0.2) is 17.3 Å². The first-order valence-electron chi connectivity index (χ1n) is 6.72. The van der Waals surface area contributed by atoms with Crippen LogP contribution in [0, 0.1) is 0 Å². The number of hydrogen-bond donors (Lipinski definition) is 0. The molecular formula is C17H14ClNO2. The molecule has 0 aliphatic carbocycles. The lowest BCUT2D eigenvalue weighted by molar-refractivity contribution is 0.111. The fourth-order valence-corrected chi connectivity index (χ4v) is 2.67. The molecule has 0 aliphatic rings. The van der Waals surface area contributed by atoms with Crippen LogP contribution < -0.4 is 4.74 Å². The zero-order valence-electron chi connectivity index (χ0n) is 11.5. The second-order valence-corrected chi connectivity index (χ2v) is 5.04. The molecule has 0 saturated carbocycles. The smallest absolute Gasteiger partial charge is 0.167 e. The SMILES string of the molecule is CCOc1ccc(-c2cc3ccccn3c2C=O)cc1Cl. The molecule has 0 aliphatic heterocycles. The van der Waals surface area contributed by atoms with Crippen LogP contribution in [0.3, 0.4) is 0 Å². The second-order valence-electron chi connectivity index (χ2n) is 4.63.